The van der Waals surface area contributed by atoms with E-state index in [-0.39, 0.29) is 17.4 Å². The standard InChI is InChI=1S/C16H30BrNO/c1-4-6-14(7-5-2)15(19)18-16(12-17)10-8-13(3)9-11-16/h13-14H,4-12H2,1-3H3,(H,18,19). The number of rotatable bonds is 7. The molecule has 1 fully saturated rings. The van der Waals surface area contributed by atoms with Gasteiger partial charge in [0.2, 0.25) is 5.91 Å². The Morgan fingerprint density at radius 1 is 1.26 bits per heavy atom. The fraction of sp³-hybridized carbons (Fsp3) is 0.938. The highest BCUT2D eigenvalue weighted by atomic mass is 79.9. The average molecular weight is 332 g/mol. The Morgan fingerprint density at radius 3 is 2.21 bits per heavy atom. The SMILES string of the molecule is CCCC(CCC)C(=O)NC1(CBr)CCC(C)CC1. The number of amides is 1. The maximum atomic E-state index is 12.5. The molecule has 0 radical (unpaired) electrons. The minimum Gasteiger partial charge on any atom is -0.350 e. The summed E-state index contributed by atoms with van der Waals surface area (Å²) < 4.78 is 0. The van der Waals surface area contributed by atoms with Gasteiger partial charge in [0.15, 0.2) is 0 Å². The lowest BCUT2D eigenvalue weighted by Gasteiger charge is -2.40. The van der Waals surface area contributed by atoms with Crippen molar-refractivity contribution in [1.29, 1.82) is 0 Å². The first-order valence-electron chi connectivity index (χ1n) is 7.95. The van der Waals surface area contributed by atoms with Crippen LogP contribution in [-0.4, -0.2) is 16.8 Å². The van der Waals surface area contributed by atoms with Crippen LogP contribution < -0.4 is 5.32 Å². The van der Waals surface area contributed by atoms with Crippen molar-refractivity contribution in [3.63, 3.8) is 0 Å². The Hall–Kier alpha value is -0.0500. The highest BCUT2D eigenvalue weighted by molar-refractivity contribution is 9.09. The molecule has 0 saturated heterocycles. The molecule has 3 heteroatoms. The van der Waals surface area contributed by atoms with Gasteiger partial charge in [-0.1, -0.05) is 49.5 Å². The molecule has 0 aromatic heterocycles. The number of hydrogen-bond acceptors (Lipinski definition) is 1. The average Bonchev–Trinajstić information content (AvgIpc) is 2.41. The lowest BCUT2D eigenvalue weighted by atomic mass is 9.78. The van der Waals surface area contributed by atoms with Gasteiger partial charge in [0.25, 0.3) is 0 Å². The molecule has 0 aliphatic heterocycles. The van der Waals surface area contributed by atoms with Gasteiger partial charge >= 0.3 is 0 Å². The van der Waals surface area contributed by atoms with Gasteiger partial charge < -0.3 is 5.32 Å². The topological polar surface area (TPSA) is 29.1 Å². The number of hydrogen-bond donors (Lipinski definition) is 1. The second-order valence-electron chi connectivity index (χ2n) is 6.36. The minimum atomic E-state index is 0.0172. The normalized spacial score (nSPS) is 27.5. The van der Waals surface area contributed by atoms with Crippen LogP contribution in [0.4, 0.5) is 0 Å². The smallest absolute Gasteiger partial charge is 0.223 e. The molecule has 0 atom stereocenters. The quantitative estimate of drug-likeness (QED) is 0.675. The summed E-state index contributed by atoms with van der Waals surface area (Å²) in [6, 6.07) is 0. The van der Waals surface area contributed by atoms with Crippen LogP contribution in [-0.2, 0) is 4.79 Å². The molecule has 112 valence electrons. The number of alkyl halides is 1. The van der Waals surface area contributed by atoms with Crippen LogP contribution in [0.3, 0.4) is 0 Å². The Morgan fingerprint density at radius 2 is 1.79 bits per heavy atom. The van der Waals surface area contributed by atoms with Crippen LogP contribution in [0.25, 0.3) is 0 Å². The summed E-state index contributed by atoms with van der Waals surface area (Å²) in [5, 5.41) is 4.28. The molecule has 0 bridgehead atoms. The van der Waals surface area contributed by atoms with Crippen molar-refractivity contribution in [2.75, 3.05) is 5.33 Å². The number of carbonyl (C=O) groups is 1. The van der Waals surface area contributed by atoms with E-state index in [0.717, 1.165) is 49.8 Å². The van der Waals surface area contributed by atoms with Crippen LogP contribution in [0, 0.1) is 11.8 Å². The lowest BCUT2D eigenvalue weighted by molar-refractivity contribution is -0.127. The van der Waals surface area contributed by atoms with Crippen LogP contribution in [0.5, 0.6) is 0 Å². The van der Waals surface area contributed by atoms with Crippen molar-refractivity contribution in [3.8, 4) is 0 Å². The first kappa shape index (κ1) is 17.0. The molecule has 1 N–H and O–H groups in total. The monoisotopic (exact) mass is 331 g/mol. The van der Waals surface area contributed by atoms with E-state index in [1.165, 1.54) is 12.8 Å². The van der Waals surface area contributed by atoms with Gasteiger partial charge in [-0.25, -0.2) is 0 Å². The Kier molecular flexibility index (Phi) is 7.41. The third-order valence-electron chi connectivity index (χ3n) is 4.52. The van der Waals surface area contributed by atoms with E-state index in [9.17, 15) is 4.79 Å². The zero-order chi connectivity index (χ0) is 14.3. The van der Waals surface area contributed by atoms with Gasteiger partial charge in [0.1, 0.15) is 0 Å². The summed E-state index contributed by atoms with van der Waals surface area (Å²) in [6.07, 6.45) is 8.94. The van der Waals surface area contributed by atoms with Crippen molar-refractivity contribution in [1.82, 2.24) is 5.32 Å². The van der Waals surface area contributed by atoms with Gasteiger partial charge in [-0.2, -0.15) is 0 Å². The second-order valence-corrected chi connectivity index (χ2v) is 6.92. The number of halogens is 1. The molecule has 1 rings (SSSR count). The van der Waals surface area contributed by atoms with Crippen molar-refractivity contribution in [2.45, 2.75) is 77.7 Å². The van der Waals surface area contributed by atoms with Crippen LogP contribution in [0.15, 0.2) is 0 Å². The summed E-state index contributed by atoms with van der Waals surface area (Å²) in [7, 11) is 0. The zero-order valence-electron chi connectivity index (χ0n) is 12.8. The summed E-state index contributed by atoms with van der Waals surface area (Å²) in [4.78, 5) is 12.5. The van der Waals surface area contributed by atoms with Crippen LogP contribution in [0.1, 0.15) is 72.1 Å². The molecule has 0 unspecified atom stereocenters. The summed E-state index contributed by atoms with van der Waals surface area (Å²) in [6.45, 7) is 6.65. The van der Waals surface area contributed by atoms with E-state index in [2.05, 4.69) is 42.0 Å². The molecule has 1 amide bonds. The van der Waals surface area contributed by atoms with Gasteiger partial charge in [0, 0.05) is 16.8 Å². The van der Waals surface area contributed by atoms with E-state index in [0.29, 0.717) is 0 Å². The first-order chi connectivity index (χ1) is 9.06. The van der Waals surface area contributed by atoms with Crippen LogP contribution >= 0.6 is 15.9 Å². The molecule has 1 aliphatic carbocycles. The van der Waals surface area contributed by atoms with E-state index in [1.54, 1.807) is 0 Å². The van der Waals surface area contributed by atoms with Gasteiger partial charge in [-0.15, -0.1) is 0 Å². The maximum absolute atomic E-state index is 12.5. The van der Waals surface area contributed by atoms with Crippen molar-refractivity contribution < 1.29 is 4.79 Å². The largest absolute Gasteiger partial charge is 0.350 e. The van der Waals surface area contributed by atoms with Gasteiger partial charge in [-0.05, 0) is 44.4 Å². The molecule has 19 heavy (non-hydrogen) atoms. The molecule has 0 heterocycles. The van der Waals surface area contributed by atoms with Crippen LogP contribution in [0.2, 0.25) is 0 Å². The van der Waals surface area contributed by atoms with Gasteiger partial charge in [-0.3, -0.25) is 4.79 Å². The highest BCUT2D eigenvalue weighted by Gasteiger charge is 2.35. The summed E-state index contributed by atoms with van der Waals surface area (Å²) in [5.41, 5.74) is 0.0172. The fourth-order valence-corrected chi connectivity index (χ4v) is 3.77. The third-order valence-corrected chi connectivity index (χ3v) is 5.59. The Bertz CT molecular complexity index is 266. The molecule has 0 aromatic rings. The highest BCUT2D eigenvalue weighted by Crippen LogP contribution is 2.33. The van der Waals surface area contributed by atoms with Crippen molar-refractivity contribution in [3.05, 3.63) is 0 Å². The molecular formula is C16H30BrNO. The predicted molar refractivity (Wildman–Crippen MR) is 85.6 cm³/mol. The molecular weight excluding hydrogens is 302 g/mol. The van der Waals surface area contributed by atoms with Crippen molar-refractivity contribution >= 4 is 21.8 Å². The fourth-order valence-electron chi connectivity index (χ4n) is 3.07. The molecule has 2 nitrogen and oxygen atoms in total. The van der Waals surface area contributed by atoms with E-state index in [4.69, 9.17) is 0 Å². The Labute approximate surface area is 127 Å². The second kappa shape index (κ2) is 8.28. The molecule has 0 aromatic carbocycles. The maximum Gasteiger partial charge on any atom is 0.223 e. The molecule has 0 spiro atoms. The van der Waals surface area contributed by atoms with E-state index in [1.807, 2.05) is 0 Å². The van der Waals surface area contributed by atoms with E-state index >= 15 is 0 Å². The molecule has 1 aliphatic rings. The molecule has 1 saturated carbocycles. The predicted octanol–water partition coefficient (Wildman–Crippen LogP) is 4.66. The minimum absolute atomic E-state index is 0.0172. The summed E-state index contributed by atoms with van der Waals surface area (Å²) in [5.74, 6) is 1.31. The van der Waals surface area contributed by atoms with E-state index < -0.39 is 0 Å². The third kappa shape index (κ3) is 5.09. The Balaban J connectivity index is 2.60. The van der Waals surface area contributed by atoms with Crippen molar-refractivity contribution in [2.24, 2.45) is 11.8 Å². The summed E-state index contributed by atoms with van der Waals surface area (Å²) >= 11 is 3.63. The van der Waals surface area contributed by atoms with Gasteiger partial charge in [0.05, 0.1) is 0 Å². The first-order valence-corrected chi connectivity index (χ1v) is 9.07. The number of nitrogens with one attached hydrogen (secondary N) is 1. The lowest BCUT2D eigenvalue weighted by Crippen LogP contribution is -2.53. The zero-order valence-corrected chi connectivity index (χ0v) is 14.4. The number of carbonyl (C=O) groups excluding carboxylic acids is 1.